The van der Waals surface area contributed by atoms with Crippen LogP contribution in [0, 0.1) is 6.92 Å². The number of anilines is 1. The van der Waals surface area contributed by atoms with Gasteiger partial charge >= 0.3 is 0 Å². The lowest BCUT2D eigenvalue weighted by atomic mass is 10.1. The molecule has 0 bridgehead atoms. The number of hydrogen-bond donors (Lipinski definition) is 2. The molecular formula is C14H11Br2NO2. The van der Waals surface area contributed by atoms with Gasteiger partial charge in [0.2, 0.25) is 0 Å². The van der Waals surface area contributed by atoms with Crippen LogP contribution in [-0.4, -0.2) is 11.0 Å². The highest BCUT2D eigenvalue weighted by atomic mass is 79.9. The third kappa shape index (κ3) is 3.58. The predicted octanol–water partition coefficient (Wildman–Crippen LogP) is 4.48. The summed E-state index contributed by atoms with van der Waals surface area (Å²) in [5.41, 5.74) is 2.04. The van der Waals surface area contributed by atoms with Crippen LogP contribution in [0.5, 0.6) is 5.75 Å². The Bertz CT molecular complexity index is 621. The van der Waals surface area contributed by atoms with Gasteiger partial charge in [-0.1, -0.05) is 31.9 Å². The predicted molar refractivity (Wildman–Crippen MR) is 82.6 cm³/mol. The van der Waals surface area contributed by atoms with Gasteiger partial charge in [0.15, 0.2) is 0 Å². The summed E-state index contributed by atoms with van der Waals surface area (Å²) < 4.78 is 1.66. The molecule has 0 saturated carbocycles. The van der Waals surface area contributed by atoms with E-state index in [0.29, 0.717) is 11.3 Å². The maximum Gasteiger partial charge on any atom is 0.255 e. The van der Waals surface area contributed by atoms with Crippen molar-refractivity contribution in [2.75, 3.05) is 5.32 Å². The number of aryl methyl sites for hydroxylation is 1. The molecule has 0 atom stereocenters. The van der Waals surface area contributed by atoms with Crippen molar-refractivity contribution < 1.29 is 9.90 Å². The minimum Gasteiger partial charge on any atom is -0.508 e. The Balaban J connectivity index is 2.25. The number of phenols is 1. The van der Waals surface area contributed by atoms with Crippen molar-refractivity contribution in [3.63, 3.8) is 0 Å². The SMILES string of the molecule is Cc1cc(O)ccc1NC(=O)c1cc(Br)cc(Br)c1. The van der Waals surface area contributed by atoms with Crippen LogP contribution in [0.1, 0.15) is 15.9 Å². The number of benzene rings is 2. The van der Waals surface area contributed by atoms with E-state index in [2.05, 4.69) is 37.2 Å². The van der Waals surface area contributed by atoms with Crippen molar-refractivity contribution in [1.82, 2.24) is 0 Å². The van der Waals surface area contributed by atoms with Gasteiger partial charge in [0, 0.05) is 20.2 Å². The van der Waals surface area contributed by atoms with Crippen LogP contribution in [-0.2, 0) is 0 Å². The second-order valence-electron chi connectivity index (χ2n) is 4.11. The zero-order valence-electron chi connectivity index (χ0n) is 10.1. The lowest BCUT2D eigenvalue weighted by Gasteiger charge is -2.09. The second kappa shape index (κ2) is 5.75. The molecule has 0 saturated heterocycles. The molecule has 5 heteroatoms. The summed E-state index contributed by atoms with van der Waals surface area (Å²) in [6, 6.07) is 10.2. The van der Waals surface area contributed by atoms with Crippen LogP contribution in [0.15, 0.2) is 45.3 Å². The van der Waals surface area contributed by atoms with Crippen molar-refractivity contribution in [3.8, 4) is 5.75 Å². The number of carbonyl (C=O) groups excluding carboxylic acids is 1. The number of phenolic OH excluding ortho intramolecular Hbond substituents is 1. The van der Waals surface area contributed by atoms with Crippen LogP contribution < -0.4 is 5.32 Å². The number of amides is 1. The van der Waals surface area contributed by atoms with Gasteiger partial charge in [-0.25, -0.2) is 0 Å². The molecule has 98 valence electrons. The summed E-state index contributed by atoms with van der Waals surface area (Å²) in [5, 5.41) is 12.2. The van der Waals surface area contributed by atoms with Crippen molar-refractivity contribution in [2.45, 2.75) is 6.92 Å². The molecule has 0 unspecified atom stereocenters. The van der Waals surface area contributed by atoms with E-state index in [1.54, 1.807) is 30.3 Å². The second-order valence-corrected chi connectivity index (χ2v) is 5.94. The summed E-state index contributed by atoms with van der Waals surface area (Å²) in [4.78, 5) is 12.1. The first-order valence-electron chi connectivity index (χ1n) is 5.53. The van der Waals surface area contributed by atoms with E-state index < -0.39 is 0 Å². The fourth-order valence-electron chi connectivity index (χ4n) is 1.67. The highest BCUT2D eigenvalue weighted by molar-refractivity contribution is 9.11. The normalized spacial score (nSPS) is 10.3. The zero-order valence-corrected chi connectivity index (χ0v) is 13.2. The van der Waals surface area contributed by atoms with Gasteiger partial charge in [-0.2, -0.15) is 0 Å². The minimum atomic E-state index is -0.198. The average molecular weight is 385 g/mol. The molecule has 0 aromatic heterocycles. The molecule has 2 N–H and O–H groups in total. The first-order chi connectivity index (χ1) is 8.95. The molecule has 2 rings (SSSR count). The van der Waals surface area contributed by atoms with Gasteiger partial charge in [0.05, 0.1) is 0 Å². The number of carbonyl (C=O) groups is 1. The highest BCUT2D eigenvalue weighted by Crippen LogP contribution is 2.23. The Morgan fingerprint density at radius 2 is 1.74 bits per heavy atom. The van der Waals surface area contributed by atoms with E-state index in [4.69, 9.17) is 0 Å². The summed E-state index contributed by atoms with van der Waals surface area (Å²) >= 11 is 6.70. The molecule has 2 aromatic rings. The molecule has 0 aliphatic rings. The fourth-order valence-corrected chi connectivity index (χ4v) is 2.96. The molecule has 19 heavy (non-hydrogen) atoms. The van der Waals surface area contributed by atoms with E-state index >= 15 is 0 Å². The molecular weight excluding hydrogens is 374 g/mol. The van der Waals surface area contributed by atoms with Gasteiger partial charge in [-0.15, -0.1) is 0 Å². The van der Waals surface area contributed by atoms with Crippen molar-refractivity contribution in [1.29, 1.82) is 0 Å². The Morgan fingerprint density at radius 3 is 2.32 bits per heavy atom. The number of rotatable bonds is 2. The van der Waals surface area contributed by atoms with Gasteiger partial charge in [-0.3, -0.25) is 4.79 Å². The molecule has 0 spiro atoms. The van der Waals surface area contributed by atoms with Crippen LogP contribution in [0.4, 0.5) is 5.69 Å². The Morgan fingerprint density at radius 1 is 1.11 bits per heavy atom. The van der Waals surface area contributed by atoms with Gasteiger partial charge in [0.1, 0.15) is 5.75 Å². The summed E-state index contributed by atoms with van der Waals surface area (Å²) in [6.45, 7) is 1.83. The molecule has 0 aliphatic heterocycles. The van der Waals surface area contributed by atoms with E-state index in [1.165, 1.54) is 0 Å². The third-order valence-corrected chi connectivity index (χ3v) is 3.50. The maximum atomic E-state index is 12.1. The number of aromatic hydroxyl groups is 1. The van der Waals surface area contributed by atoms with E-state index in [0.717, 1.165) is 14.5 Å². The topological polar surface area (TPSA) is 49.3 Å². The van der Waals surface area contributed by atoms with Crippen LogP contribution in [0.3, 0.4) is 0 Å². The van der Waals surface area contributed by atoms with Crippen LogP contribution in [0.25, 0.3) is 0 Å². The largest absolute Gasteiger partial charge is 0.508 e. The summed E-state index contributed by atoms with van der Waals surface area (Å²) in [5.74, 6) is -0.0171. The lowest BCUT2D eigenvalue weighted by Crippen LogP contribution is -2.12. The van der Waals surface area contributed by atoms with E-state index in [1.807, 2.05) is 13.0 Å². The van der Waals surface area contributed by atoms with Crippen molar-refractivity contribution in [2.24, 2.45) is 0 Å². The Labute approximate surface area is 127 Å². The monoisotopic (exact) mass is 383 g/mol. The number of hydrogen-bond acceptors (Lipinski definition) is 2. The molecule has 0 heterocycles. The van der Waals surface area contributed by atoms with Crippen LogP contribution >= 0.6 is 31.9 Å². The van der Waals surface area contributed by atoms with Gasteiger partial charge < -0.3 is 10.4 Å². The average Bonchev–Trinajstić information content (AvgIpc) is 2.31. The van der Waals surface area contributed by atoms with Crippen molar-refractivity contribution in [3.05, 3.63) is 56.5 Å². The molecule has 0 aliphatic carbocycles. The first-order valence-corrected chi connectivity index (χ1v) is 7.11. The lowest BCUT2D eigenvalue weighted by molar-refractivity contribution is 0.102. The number of halogens is 2. The fraction of sp³-hybridized carbons (Fsp3) is 0.0714. The van der Waals surface area contributed by atoms with Crippen LogP contribution in [0.2, 0.25) is 0 Å². The molecule has 0 fully saturated rings. The van der Waals surface area contributed by atoms with Gasteiger partial charge in [0.25, 0.3) is 5.91 Å². The third-order valence-electron chi connectivity index (χ3n) is 2.58. The summed E-state index contributed by atoms with van der Waals surface area (Å²) in [6.07, 6.45) is 0. The van der Waals surface area contributed by atoms with Crippen molar-refractivity contribution >= 4 is 43.5 Å². The smallest absolute Gasteiger partial charge is 0.255 e. The minimum absolute atomic E-state index is 0.181. The highest BCUT2D eigenvalue weighted by Gasteiger charge is 2.09. The molecule has 3 nitrogen and oxygen atoms in total. The maximum absolute atomic E-state index is 12.1. The molecule has 1 amide bonds. The van der Waals surface area contributed by atoms with E-state index in [9.17, 15) is 9.90 Å². The van der Waals surface area contributed by atoms with E-state index in [-0.39, 0.29) is 11.7 Å². The standard InChI is InChI=1S/C14H11Br2NO2/c1-8-4-12(18)2-3-13(8)17-14(19)9-5-10(15)7-11(16)6-9/h2-7,18H,1H3,(H,17,19). The Hall–Kier alpha value is -1.33. The Kier molecular flexibility index (Phi) is 4.27. The zero-order chi connectivity index (χ0) is 14.0. The molecule has 0 radical (unpaired) electrons. The summed E-state index contributed by atoms with van der Waals surface area (Å²) in [7, 11) is 0. The first kappa shape index (κ1) is 14.1. The number of nitrogens with one attached hydrogen (secondary N) is 1. The molecule has 2 aromatic carbocycles. The van der Waals surface area contributed by atoms with Gasteiger partial charge in [-0.05, 0) is 48.9 Å². The quantitative estimate of drug-likeness (QED) is 0.750.